The zero-order valence-electron chi connectivity index (χ0n) is 9.84. The Morgan fingerprint density at radius 2 is 1.93 bits per heavy atom. The van der Waals surface area contributed by atoms with Crippen LogP contribution in [-0.4, -0.2) is 0 Å². The molecule has 1 aromatic rings. The Labute approximate surface area is 92.7 Å². The fraction of sp³-hybridized carbons (Fsp3) is 0.600. The highest BCUT2D eigenvalue weighted by Gasteiger charge is 2.46. The molecule has 0 amide bonds. The molecule has 0 unspecified atom stereocenters. The van der Waals surface area contributed by atoms with E-state index >= 15 is 0 Å². The lowest BCUT2D eigenvalue weighted by atomic mass is 9.77. The molecule has 0 heterocycles. The minimum atomic E-state index is 0.637. The Morgan fingerprint density at radius 1 is 1.13 bits per heavy atom. The number of rotatable bonds is 1. The van der Waals surface area contributed by atoms with Crippen LogP contribution in [0.3, 0.4) is 0 Å². The number of hydrogen-bond donors (Lipinski definition) is 0. The molecule has 1 aromatic carbocycles. The van der Waals surface area contributed by atoms with Crippen LogP contribution in [0.4, 0.5) is 0 Å². The molecule has 3 rings (SSSR count). The standard InChI is InChI=1S/C15H20/c1-11(2)12-5-3-7-14-13(12)6-4-8-15(14)9-10-15/h3,5,7,11H,4,6,8-10H2,1-2H3. The Morgan fingerprint density at radius 3 is 2.60 bits per heavy atom. The first-order valence-corrected chi connectivity index (χ1v) is 6.35. The summed E-state index contributed by atoms with van der Waals surface area (Å²) < 4.78 is 0. The van der Waals surface area contributed by atoms with E-state index in [1.165, 1.54) is 32.1 Å². The van der Waals surface area contributed by atoms with Crippen molar-refractivity contribution in [2.45, 2.75) is 57.3 Å². The van der Waals surface area contributed by atoms with Crippen LogP contribution in [0.15, 0.2) is 18.2 Å². The van der Waals surface area contributed by atoms with E-state index in [4.69, 9.17) is 0 Å². The lowest BCUT2D eigenvalue weighted by Crippen LogP contribution is -2.17. The Hall–Kier alpha value is -0.780. The second kappa shape index (κ2) is 3.10. The molecule has 1 saturated carbocycles. The summed E-state index contributed by atoms with van der Waals surface area (Å²) in [6.07, 6.45) is 7.08. The summed E-state index contributed by atoms with van der Waals surface area (Å²) in [6.45, 7) is 4.65. The molecule has 1 spiro atoms. The maximum absolute atomic E-state index is 2.40. The minimum absolute atomic E-state index is 0.637. The zero-order chi connectivity index (χ0) is 10.5. The molecule has 2 aliphatic carbocycles. The highest BCUT2D eigenvalue weighted by atomic mass is 14.5. The number of benzene rings is 1. The van der Waals surface area contributed by atoms with Gasteiger partial charge in [-0.05, 0) is 60.1 Å². The summed E-state index contributed by atoms with van der Waals surface area (Å²) in [4.78, 5) is 0. The highest BCUT2D eigenvalue weighted by molar-refractivity contribution is 5.46. The molecule has 0 nitrogen and oxygen atoms in total. The summed E-state index contributed by atoms with van der Waals surface area (Å²) in [5.74, 6) is 0.689. The fourth-order valence-corrected chi connectivity index (χ4v) is 3.33. The van der Waals surface area contributed by atoms with Crippen LogP contribution in [0.2, 0.25) is 0 Å². The van der Waals surface area contributed by atoms with Gasteiger partial charge >= 0.3 is 0 Å². The lowest BCUT2D eigenvalue weighted by Gasteiger charge is -2.28. The van der Waals surface area contributed by atoms with Crippen LogP contribution < -0.4 is 0 Å². The third-order valence-electron chi connectivity index (χ3n) is 4.34. The quantitative estimate of drug-likeness (QED) is 0.638. The van der Waals surface area contributed by atoms with Crippen LogP contribution in [-0.2, 0) is 11.8 Å². The van der Waals surface area contributed by atoms with E-state index in [0.29, 0.717) is 11.3 Å². The van der Waals surface area contributed by atoms with Crippen molar-refractivity contribution < 1.29 is 0 Å². The van der Waals surface area contributed by atoms with Gasteiger partial charge in [0, 0.05) is 0 Å². The molecule has 0 radical (unpaired) electrons. The minimum Gasteiger partial charge on any atom is -0.0617 e. The predicted molar refractivity (Wildman–Crippen MR) is 64.4 cm³/mol. The SMILES string of the molecule is CC(C)c1cccc2c1CCCC21CC1. The van der Waals surface area contributed by atoms with E-state index in [9.17, 15) is 0 Å². The maximum Gasteiger partial charge on any atom is -0.00434 e. The predicted octanol–water partition coefficient (Wildman–Crippen LogP) is 4.18. The van der Waals surface area contributed by atoms with Gasteiger partial charge < -0.3 is 0 Å². The van der Waals surface area contributed by atoms with Gasteiger partial charge in [-0.25, -0.2) is 0 Å². The summed E-state index contributed by atoms with van der Waals surface area (Å²) in [5.41, 5.74) is 5.66. The van der Waals surface area contributed by atoms with Gasteiger partial charge in [-0.15, -0.1) is 0 Å². The van der Waals surface area contributed by atoms with Crippen molar-refractivity contribution in [3.63, 3.8) is 0 Å². The maximum atomic E-state index is 2.40. The van der Waals surface area contributed by atoms with Crippen molar-refractivity contribution >= 4 is 0 Å². The summed E-state index contributed by atoms with van der Waals surface area (Å²) in [6, 6.07) is 7.01. The third-order valence-corrected chi connectivity index (χ3v) is 4.34. The highest BCUT2D eigenvalue weighted by Crippen LogP contribution is 2.56. The van der Waals surface area contributed by atoms with E-state index in [1.54, 1.807) is 16.7 Å². The molecule has 2 aliphatic rings. The van der Waals surface area contributed by atoms with Gasteiger partial charge in [0.2, 0.25) is 0 Å². The molecule has 0 atom stereocenters. The van der Waals surface area contributed by atoms with Crippen LogP contribution in [0.25, 0.3) is 0 Å². The third kappa shape index (κ3) is 1.34. The molecule has 0 aromatic heterocycles. The smallest absolute Gasteiger partial charge is 0.00434 e. The lowest BCUT2D eigenvalue weighted by molar-refractivity contribution is 0.537. The number of hydrogen-bond acceptors (Lipinski definition) is 0. The molecular formula is C15H20. The normalized spacial score (nSPS) is 21.8. The van der Waals surface area contributed by atoms with Crippen LogP contribution in [0.5, 0.6) is 0 Å². The molecule has 80 valence electrons. The zero-order valence-corrected chi connectivity index (χ0v) is 9.84. The molecule has 0 aliphatic heterocycles. The van der Waals surface area contributed by atoms with Gasteiger partial charge in [0.05, 0.1) is 0 Å². The topological polar surface area (TPSA) is 0 Å². The van der Waals surface area contributed by atoms with Crippen molar-refractivity contribution in [1.29, 1.82) is 0 Å². The van der Waals surface area contributed by atoms with E-state index in [1.807, 2.05) is 0 Å². The summed E-state index contributed by atoms with van der Waals surface area (Å²) in [5, 5.41) is 0. The van der Waals surface area contributed by atoms with Gasteiger partial charge in [0.1, 0.15) is 0 Å². The van der Waals surface area contributed by atoms with Gasteiger partial charge in [-0.3, -0.25) is 0 Å². The molecule has 0 N–H and O–H groups in total. The molecule has 0 bridgehead atoms. The van der Waals surface area contributed by atoms with Crippen molar-refractivity contribution in [2.24, 2.45) is 0 Å². The van der Waals surface area contributed by atoms with E-state index in [0.717, 1.165) is 0 Å². The summed E-state index contributed by atoms with van der Waals surface area (Å²) in [7, 11) is 0. The summed E-state index contributed by atoms with van der Waals surface area (Å²) >= 11 is 0. The van der Waals surface area contributed by atoms with Gasteiger partial charge in [0.25, 0.3) is 0 Å². The Kier molecular flexibility index (Phi) is 1.95. The van der Waals surface area contributed by atoms with Gasteiger partial charge in [-0.1, -0.05) is 32.0 Å². The Bertz CT molecular complexity index is 383. The van der Waals surface area contributed by atoms with E-state index < -0.39 is 0 Å². The first kappa shape index (κ1) is 9.45. The van der Waals surface area contributed by atoms with E-state index in [2.05, 4.69) is 32.0 Å². The molecule has 15 heavy (non-hydrogen) atoms. The van der Waals surface area contributed by atoms with Crippen LogP contribution >= 0.6 is 0 Å². The molecule has 1 fully saturated rings. The molecule has 0 saturated heterocycles. The average molecular weight is 200 g/mol. The second-order valence-electron chi connectivity index (χ2n) is 5.66. The van der Waals surface area contributed by atoms with Crippen LogP contribution in [0, 0.1) is 0 Å². The van der Waals surface area contributed by atoms with Crippen molar-refractivity contribution in [2.75, 3.05) is 0 Å². The largest absolute Gasteiger partial charge is 0.0617 e. The monoisotopic (exact) mass is 200 g/mol. The van der Waals surface area contributed by atoms with Crippen molar-refractivity contribution in [3.8, 4) is 0 Å². The average Bonchev–Trinajstić information content (AvgIpc) is 2.98. The van der Waals surface area contributed by atoms with E-state index in [-0.39, 0.29) is 0 Å². The molecule has 0 heteroatoms. The number of fused-ring (bicyclic) bond motifs is 2. The Balaban J connectivity index is 2.14. The second-order valence-corrected chi connectivity index (χ2v) is 5.66. The van der Waals surface area contributed by atoms with Crippen LogP contribution in [0.1, 0.15) is 62.1 Å². The first-order chi connectivity index (χ1) is 7.23. The van der Waals surface area contributed by atoms with Gasteiger partial charge in [-0.2, -0.15) is 0 Å². The fourth-order valence-electron chi connectivity index (χ4n) is 3.33. The first-order valence-electron chi connectivity index (χ1n) is 6.35. The van der Waals surface area contributed by atoms with Gasteiger partial charge in [0.15, 0.2) is 0 Å². The van der Waals surface area contributed by atoms with Crippen molar-refractivity contribution in [3.05, 3.63) is 34.9 Å². The van der Waals surface area contributed by atoms with Crippen molar-refractivity contribution in [1.82, 2.24) is 0 Å². The molecular weight excluding hydrogens is 180 g/mol.